The van der Waals surface area contributed by atoms with Crippen LogP contribution in [0.1, 0.15) is 48.2 Å². The van der Waals surface area contributed by atoms with Gasteiger partial charge < -0.3 is 10.1 Å². The van der Waals surface area contributed by atoms with Crippen molar-refractivity contribution >= 4 is 17.7 Å². The number of nitrogens with zero attached hydrogens (tertiary/aromatic N) is 4. The van der Waals surface area contributed by atoms with Crippen LogP contribution in [0.4, 0.5) is 0 Å². The molecule has 0 spiro atoms. The van der Waals surface area contributed by atoms with Crippen LogP contribution in [0, 0.1) is 13.8 Å². The van der Waals surface area contributed by atoms with E-state index in [1.807, 2.05) is 19.9 Å². The number of amides is 1. The summed E-state index contributed by atoms with van der Waals surface area (Å²) in [4.78, 5) is 31.7. The van der Waals surface area contributed by atoms with Crippen molar-refractivity contribution in [2.75, 3.05) is 13.2 Å². The molecule has 0 saturated heterocycles. The van der Waals surface area contributed by atoms with E-state index in [2.05, 4.69) is 27.3 Å². The predicted octanol–water partition coefficient (Wildman–Crippen LogP) is 1.20. The quantitative estimate of drug-likeness (QED) is 0.608. The summed E-state index contributed by atoms with van der Waals surface area (Å²) >= 11 is 0. The van der Waals surface area contributed by atoms with Gasteiger partial charge in [-0.3, -0.25) is 4.79 Å². The maximum atomic E-state index is 11.9. The average molecular weight is 319 g/mol. The lowest BCUT2D eigenvalue weighted by atomic mass is 10.2. The number of unbranched alkanes of at least 4 members (excludes halogenated alkanes) is 2. The minimum Gasteiger partial charge on any atom is -0.450 e. The van der Waals surface area contributed by atoms with Crippen LogP contribution in [-0.2, 0) is 9.53 Å². The lowest BCUT2D eigenvalue weighted by Crippen LogP contribution is -2.29. The van der Waals surface area contributed by atoms with Crippen LogP contribution in [0.15, 0.2) is 6.07 Å². The van der Waals surface area contributed by atoms with E-state index >= 15 is 0 Å². The molecule has 2 aromatic heterocycles. The van der Waals surface area contributed by atoms with E-state index in [1.165, 1.54) is 4.52 Å². The number of nitrogens with one attached hydrogen (secondary N) is 1. The Morgan fingerprint density at radius 3 is 2.78 bits per heavy atom. The predicted molar refractivity (Wildman–Crippen MR) is 83.1 cm³/mol. The maximum absolute atomic E-state index is 11.9. The number of ether oxygens (including phenoxy) is 1. The molecule has 0 aromatic carbocycles. The van der Waals surface area contributed by atoms with Crippen molar-refractivity contribution in [3.63, 3.8) is 0 Å². The van der Waals surface area contributed by atoms with E-state index in [-0.39, 0.29) is 18.3 Å². The number of esters is 1. The molecule has 0 unspecified atom stereocenters. The van der Waals surface area contributed by atoms with Crippen LogP contribution in [0.3, 0.4) is 0 Å². The molecule has 23 heavy (non-hydrogen) atoms. The van der Waals surface area contributed by atoms with E-state index in [4.69, 9.17) is 4.74 Å². The number of carbonyl (C=O) groups is 2. The van der Waals surface area contributed by atoms with Gasteiger partial charge >= 0.3 is 5.97 Å². The number of hydrogen-bond donors (Lipinski definition) is 1. The fourth-order valence-electron chi connectivity index (χ4n) is 2.10. The first-order valence-electron chi connectivity index (χ1n) is 7.66. The van der Waals surface area contributed by atoms with Crippen molar-refractivity contribution in [1.82, 2.24) is 24.9 Å². The standard InChI is InChI=1S/C15H21N5O3/c1-4-5-6-7-16-12(21)9-23-14(22)13-18-15-17-10(2)8-11(3)20(15)19-13/h8H,4-7,9H2,1-3H3,(H,16,21). The molecule has 2 aromatic rings. The van der Waals surface area contributed by atoms with Gasteiger partial charge in [0.2, 0.25) is 0 Å². The molecule has 1 N–H and O–H groups in total. The highest BCUT2D eigenvalue weighted by Gasteiger charge is 2.17. The molecule has 0 fully saturated rings. The van der Waals surface area contributed by atoms with Crippen LogP contribution >= 0.6 is 0 Å². The fourth-order valence-corrected chi connectivity index (χ4v) is 2.10. The summed E-state index contributed by atoms with van der Waals surface area (Å²) < 4.78 is 6.40. The second-order valence-corrected chi connectivity index (χ2v) is 5.32. The van der Waals surface area contributed by atoms with Gasteiger partial charge in [0.25, 0.3) is 17.5 Å². The van der Waals surface area contributed by atoms with Gasteiger partial charge in [-0.25, -0.2) is 14.3 Å². The first-order valence-corrected chi connectivity index (χ1v) is 7.66. The molecule has 1 amide bonds. The highest BCUT2D eigenvalue weighted by molar-refractivity contribution is 5.88. The van der Waals surface area contributed by atoms with Crippen molar-refractivity contribution in [3.8, 4) is 0 Å². The van der Waals surface area contributed by atoms with Crippen molar-refractivity contribution in [1.29, 1.82) is 0 Å². The van der Waals surface area contributed by atoms with Gasteiger partial charge in [-0.2, -0.15) is 4.98 Å². The van der Waals surface area contributed by atoms with Crippen LogP contribution < -0.4 is 5.32 Å². The SMILES string of the molecule is CCCCCNC(=O)COC(=O)c1nc2nc(C)cc(C)n2n1. The number of rotatable bonds is 7. The second kappa shape index (κ2) is 7.66. The number of hydrogen-bond acceptors (Lipinski definition) is 6. The van der Waals surface area contributed by atoms with Gasteiger partial charge in [0.05, 0.1) is 0 Å². The summed E-state index contributed by atoms with van der Waals surface area (Å²) in [7, 11) is 0. The first-order chi connectivity index (χ1) is 11.0. The Morgan fingerprint density at radius 2 is 2.04 bits per heavy atom. The molecule has 8 nitrogen and oxygen atoms in total. The molecular formula is C15H21N5O3. The largest absolute Gasteiger partial charge is 0.450 e. The third-order valence-corrected chi connectivity index (χ3v) is 3.24. The highest BCUT2D eigenvalue weighted by atomic mass is 16.5. The maximum Gasteiger partial charge on any atom is 0.378 e. The highest BCUT2D eigenvalue weighted by Crippen LogP contribution is 2.06. The summed E-state index contributed by atoms with van der Waals surface area (Å²) in [6, 6.07) is 1.83. The lowest BCUT2D eigenvalue weighted by molar-refractivity contribution is -0.124. The first kappa shape index (κ1) is 16.9. The molecule has 0 atom stereocenters. The molecule has 124 valence electrons. The number of aromatic nitrogens is 4. The van der Waals surface area contributed by atoms with Gasteiger partial charge in [0, 0.05) is 17.9 Å². The molecule has 0 aliphatic rings. The van der Waals surface area contributed by atoms with Crippen LogP contribution in [0.25, 0.3) is 5.78 Å². The van der Waals surface area contributed by atoms with Gasteiger partial charge in [-0.05, 0) is 26.3 Å². The van der Waals surface area contributed by atoms with Gasteiger partial charge in [-0.1, -0.05) is 19.8 Å². The van der Waals surface area contributed by atoms with Crippen LogP contribution in [-0.4, -0.2) is 44.6 Å². The van der Waals surface area contributed by atoms with E-state index in [1.54, 1.807) is 0 Å². The van der Waals surface area contributed by atoms with Crippen molar-refractivity contribution in [2.45, 2.75) is 40.0 Å². The molecule has 0 aliphatic carbocycles. The third kappa shape index (κ3) is 4.48. The minimum atomic E-state index is -0.740. The molecule has 0 radical (unpaired) electrons. The van der Waals surface area contributed by atoms with Gasteiger partial charge in [-0.15, -0.1) is 5.10 Å². The van der Waals surface area contributed by atoms with Crippen LogP contribution in [0.2, 0.25) is 0 Å². The van der Waals surface area contributed by atoms with Crippen molar-refractivity contribution in [3.05, 3.63) is 23.3 Å². The smallest absolute Gasteiger partial charge is 0.378 e. The molecule has 8 heteroatoms. The Kier molecular flexibility index (Phi) is 5.61. The van der Waals surface area contributed by atoms with E-state index < -0.39 is 5.97 Å². The topological polar surface area (TPSA) is 98.5 Å². The minimum absolute atomic E-state index is 0.106. The average Bonchev–Trinajstić information content (AvgIpc) is 2.93. The zero-order valence-electron chi connectivity index (χ0n) is 13.6. The normalized spacial score (nSPS) is 10.7. The summed E-state index contributed by atoms with van der Waals surface area (Å²) in [5, 5.41) is 6.75. The number of aryl methyl sites for hydroxylation is 2. The Balaban J connectivity index is 1.91. The molecule has 0 aliphatic heterocycles. The molecule has 0 bridgehead atoms. The molecular weight excluding hydrogens is 298 g/mol. The summed E-state index contributed by atoms with van der Waals surface area (Å²) in [6.07, 6.45) is 3.04. The molecule has 0 saturated carbocycles. The van der Waals surface area contributed by atoms with Crippen LogP contribution in [0.5, 0.6) is 0 Å². The zero-order valence-corrected chi connectivity index (χ0v) is 13.6. The van der Waals surface area contributed by atoms with Gasteiger partial charge in [0.15, 0.2) is 6.61 Å². The monoisotopic (exact) mass is 319 g/mol. The summed E-state index contributed by atoms with van der Waals surface area (Å²) in [6.45, 7) is 6.01. The Labute approximate surface area is 134 Å². The number of carbonyl (C=O) groups excluding carboxylic acids is 2. The van der Waals surface area contributed by atoms with E-state index in [0.29, 0.717) is 12.3 Å². The Morgan fingerprint density at radius 1 is 1.26 bits per heavy atom. The Bertz CT molecular complexity index is 710. The van der Waals surface area contributed by atoms with E-state index in [9.17, 15) is 9.59 Å². The summed E-state index contributed by atoms with van der Waals surface area (Å²) in [5.74, 6) is -0.844. The molecule has 2 rings (SSSR count). The third-order valence-electron chi connectivity index (χ3n) is 3.24. The fraction of sp³-hybridized carbons (Fsp3) is 0.533. The Hall–Kier alpha value is -2.51. The lowest BCUT2D eigenvalue weighted by Gasteiger charge is -2.04. The molecule has 2 heterocycles. The van der Waals surface area contributed by atoms with E-state index in [0.717, 1.165) is 30.7 Å². The van der Waals surface area contributed by atoms with Crippen molar-refractivity contribution < 1.29 is 14.3 Å². The summed E-state index contributed by atoms with van der Waals surface area (Å²) in [5.41, 5.74) is 1.60. The van der Waals surface area contributed by atoms with Crippen molar-refractivity contribution in [2.24, 2.45) is 0 Å². The zero-order chi connectivity index (χ0) is 16.8. The second-order valence-electron chi connectivity index (χ2n) is 5.32. The van der Waals surface area contributed by atoms with Gasteiger partial charge in [0.1, 0.15) is 0 Å². The number of fused-ring (bicyclic) bond motifs is 1.